The summed E-state index contributed by atoms with van der Waals surface area (Å²) in [5, 5.41) is 2.02. The summed E-state index contributed by atoms with van der Waals surface area (Å²) in [5.74, 6) is 0.861. The molecular formula is C32H35ClF2N2O3S. The number of ketones is 1. The lowest BCUT2D eigenvalue weighted by Gasteiger charge is -2.37. The molecule has 2 aliphatic rings. The van der Waals surface area contributed by atoms with Gasteiger partial charge < -0.3 is 14.4 Å². The average molecular weight is 601 g/mol. The van der Waals surface area contributed by atoms with Gasteiger partial charge >= 0.3 is 0 Å². The Balaban J connectivity index is 0.00000387. The van der Waals surface area contributed by atoms with Gasteiger partial charge in [-0.05, 0) is 93.2 Å². The first-order valence-electron chi connectivity index (χ1n) is 13.6. The molecule has 0 spiro atoms. The average Bonchev–Trinajstić information content (AvgIpc) is 3.40. The van der Waals surface area contributed by atoms with E-state index >= 15 is 4.39 Å². The topological polar surface area (TPSA) is 42.0 Å². The minimum absolute atomic E-state index is 0. The van der Waals surface area contributed by atoms with Crippen LogP contribution in [0, 0.1) is 17.6 Å². The Hall–Kier alpha value is -3.20. The maximum atomic E-state index is 15.0. The van der Waals surface area contributed by atoms with E-state index in [1.54, 1.807) is 49.6 Å². The van der Waals surface area contributed by atoms with Crippen molar-refractivity contribution in [3.05, 3.63) is 95.7 Å². The van der Waals surface area contributed by atoms with Crippen LogP contribution < -0.4 is 13.8 Å². The number of carbonyl (C=O) groups excluding carboxylic acids is 1. The SMILES string of the molecule is COc1cc(C(C)=O)ccc1OCCCN1CCC(C2=CC=S(c3ccccc3F)N2c2ccccc2F)CC1.Cl. The molecule has 0 amide bonds. The molecule has 1 unspecified atom stereocenters. The molecule has 5 rings (SSSR count). The van der Waals surface area contributed by atoms with E-state index in [1.807, 2.05) is 21.8 Å². The highest BCUT2D eigenvalue weighted by Gasteiger charge is 2.32. The Kier molecular flexibility index (Phi) is 10.6. The van der Waals surface area contributed by atoms with Crippen molar-refractivity contribution in [2.75, 3.05) is 37.7 Å². The number of para-hydroxylation sites is 1. The van der Waals surface area contributed by atoms with Crippen LogP contribution in [0.1, 0.15) is 36.5 Å². The van der Waals surface area contributed by atoms with Gasteiger partial charge in [0.1, 0.15) is 11.6 Å². The van der Waals surface area contributed by atoms with Crippen LogP contribution in [0.2, 0.25) is 0 Å². The molecule has 9 heteroatoms. The Morgan fingerprint density at radius 3 is 2.37 bits per heavy atom. The van der Waals surface area contributed by atoms with Gasteiger partial charge in [0.05, 0.1) is 24.3 Å². The van der Waals surface area contributed by atoms with E-state index < -0.39 is 10.7 Å². The van der Waals surface area contributed by atoms with Crippen molar-refractivity contribution in [3.8, 4) is 11.5 Å². The molecule has 3 aromatic carbocycles. The standard InChI is InChI=1S/C32H34F2N2O3S.ClH/c1-23(37)25-12-13-30(31(22-25)38-2)39-20-7-17-35-18-14-24(15-19-35)28-16-21-40(32-11-6-4-9-27(32)34)36(28)29-10-5-3-8-26(29)33;/h3-6,8-13,16,21-22,24H,7,14-15,17-20H2,1-2H3;1H. The summed E-state index contributed by atoms with van der Waals surface area (Å²) >= 11 is 0. The number of piperidine rings is 1. The van der Waals surface area contributed by atoms with E-state index in [2.05, 4.69) is 11.0 Å². The number of hydrogen-bond donors (Lipinski definition) is 0. The summed E-state index contributed by atoms with van der Waals surface area (Å²) in [6, 6.07) is 18.8. The number of methoxy groups -OCH3 is 1. The predicted molar refractivity (Wildman–Crippen MR) is 165 cm³/mol. The van der Waals surface area contributed by atoms with Crippen molar-refractivity contribution in [3.63, 3.8) is 0 Å². The van der Waals surface area contributed by atoms with E-state index in [0.717, 1.165) is 44.6 Å². The number of nitrogens with zero attached hydrogens (tertiary/aromatic N) is 2. The fraction of sp³-hybridized carbons (Fsp3) is 0.312. The Morgan fingerprint density at radius 2 is 1.68 bits per heavy atom. The summed E-state index contributed by atoms with van der Waals surface area (Å²) in [5.41, 5.74) is 2.14. The van der Waals surface area contributed by atoms with Crippen molar-refractivity contribution in [1.82, 2.24) is 4.90 Å². The highest BCUT2D eigenvalue weighted by molar-refractivity contribution is 8.16. The molecule has 0 N–H and O–H groups in total. The molecule has 0 bridgehead atoms. The zero-order valence-corrected chi connectivity index (χ0v) is 24.9. The minimum atomic E-state index is -0.732. The summed E-state index contributed by atoms with van der Waals surface area (Å²) < 4.78 is 43.2. The van der Waals surface area contributed by atoms with Gasteiger partial charge in [-0.3, -0.25) is 9.10 Å². The second-order valence-electron chi connectivity index (χ2n) is 9.96. The molecule has 1 fully saturated rings. The summed E-state index contributed by atoms with van der Waals surface area (Å²) in [4.78, 5) is 14.6. The van der Waals surface area contributed by atoms with Crippen LogP contribution in [0.5, 0.6) is 11.5 Å². The third-order valence-electron chi connectivity index (χ3n) is 7.38. The first-order chi connectivity index (χ1) is 19.5. The molecule has 0 aliphatic carbocycles. The van der Waals surface area contributed by atoms with Crippen molar-refractivity contribution < 1.29 is 23.0 Å². The molecule has 1 saturated heterocycles. The first-order valence-corrected chi connectivity index (χ1v) is 14.8. The van der Waals surface area contributed by atoms with Gasteiger partial charge in [0.25, 0.3) is 0 Å². The number of allylic oxidation sites excluding steroid dienone is 2. The molecule has 41 heavy (non-hydrogen) atoms. The number of hydrogen-bond acceptors (Lipinski definition) is 5. The maximum Gasteiger partial charge on any atom is 0.161 e. The second-order valence-corrected chi connectivity index (χ2v) is 11.7. The number of carbonyl (C=O) groups is 1. The molecule has 3 aromatic rings. The van der Waals surface area contributed by atoms with Crippen LogP contribution in [-0.4, -0.2) is 49.4 Å². The molecule has 0 radical (unpaired) electrons. The molecule has 0 saturated carbocycles. The lowest BCUT2D eigenvalue weighted by molar-refractivity contribution is 0.101. The van der Waals surface area contributed by atoms with Gasteiger partial charge in [-0.2, -0.15) is 0 Å². The number of Topliss-reactive ketones (excluding diaryl/α,β-unsaturated/α-hetero) is 1. The zero-order chi connectivity index (χ0) is 28.1. The van der Waals surface area contributed by atoms with Gasteiger partial charge in [-0.25, -0.2) is 8.78 Å². The zero-order valence-electron chi connectivity index (χ0n) is 23.2. The van der Waals surface area contributed by atoms with Gasteiger partial charge in [0.15, 0.2) is 17.3 Å². The normalized spacial score (nSPS) is 17.4. The predicted octanol–water partition coefficient (Wildman–Crippen LogP) is 7.53. The Bertz CT molecular complexity index is 1440. The number of anilines is 1. The van der Waals surface area contributed by atoms with E-state index in [-0.39, 0.29) is 35.7 Å². The summed E-state index contributed by atoms with van der Waals surface area (Å²) in [6.45, 7) is 4.83. The maximum absolute atomic E-state index is 15.0. The Labute approximate surface area is 249 Å². The molecular weight excluding hydrogens is 566 g/mol. The number of rotatable bonds is 10. The molecule has 0 aromatic heterocycles. The van der Waals surface area contributed by atoms with Crippen LogP contribution in [0.4, 0.5) is 14.5 Å². The molecule has 1 atom stereocenters. The monoisotopic (exact) mass is 600 g/mol. The Morgan fingerprint density at radius 1 is 0.976 bits per heavy atom. The molecule has 218 valence electrons. The smallest absolute Gasteiger partial charge is 0.161 e. The second kappa shape index (κ2) is 14.1. The lowest BCUT2D eigenvalue weighted by Crippen LogP contribution is -2.37. The number of benzene rings is 3. The van der Waals surface area contributed by atoms with Crippen molar-refractivity contribution in [2.45, 2.75) is 31.1 Å². The third-order valence-corrected chi connectivity index (χ3v) is 9.36. The number of ether oxygens (including phenoxy) is 2. The van der Waals surface area contributed by atoms with Gasteiger partial charge in [-0.15, -0.1) is 12.4 Å². The number of halogens is 3. The van der Waals surface area contributed by atoms with Crippen LogP contribution in [0.3, 0.4) is 0 Å². The van der Waals surface area contributed by atoms with Crippen molar-refractivity contribution in [2.24, 2.45) is 5.92 Å². The van der Waals surface area contributed by atoms with E-state index in [9.17, 15) is 9.18 Å². The largest absolute Gasteiger partial charge is 0.493 e. The highest BCUT2D eigenvalue weighted by atomic mass is 35.5. The minimum Gasteiger partial charge on any atom is -0.493 e. The first kappa shape index (κ1) is 30.8. The van der Waals surface area contributed by atoms with Crippen LogP contribution in [0.25, 0.3) is 0 Å². The van der Waals surface area contributed by atoms with Crippen LogP contribution in [-0.2, 0) is 0 Å². The molecule has 5 nitrogen and oxygen atoms in total. The summed E-state index contributed by atoms with van der Waals surface area (Å²) in [6.07, 6.45) is 4.82. The van der Waals surface area contributed by atoms with Gasteiger partial charge in [-0.1, -0.05) is 34.9 Å². The van der Waals surface area contributed by atoms with E-state index in [1.165, 1.54) is 19.1 Å². The quantitative estimate of drug-likeness (QED) is 0.137. The van der Waals surface area contributed by atoms with Crippen LogP contribution in [0.15, 0.2) is 83.4 Å². The summed E-state index contributed by atoms with van der Waals surface area (Å²) in [7, 11) is 0.838. The molecule has 2 heterocycles. The number of likely N-dealkylation sites (tertiary alicyclic amines) is 1. The fourth-order valence-corrected chi connectivity index (χ4v) is 7.27. The van der Waals surface area contributed by atoms with E-state index in [0.29, 0.717) is 34.3 Å². The lowest BCUT2D eigenvalue weighted by atomic mass is 9.92. The van der Waals surface area contributed by atoms with Gasteiger partial charge in [0.2, 0.25) is 0 Å². The molecule has 2 aliphatic heterocycles. The van der Waals surface area contributed by atoms with Gasteiger partial charge in [0, 0.05) is 23.7 Å². The highest BCUT2D eigenvalue weighted by Crippen LogP contribution is 2.46. The fourth-order valence-electron chi connectivity index (χ4n) is 5.25. The third kappa shape index (κ3) is 7.00. The van der Waals surface area contributed by atoms with Crippen molar-refractivity contribution >= 4 is 39.9 Å². The van der Waals surface area contributed by atoms with E-state index in [4.69, 9.17) is 9.47 Å². The van der Waals surface area contributed by atoms with Crippen molar-refractivity contribution in [1.29, 1.82) is 0 Å². The van der Waals surface area contributed by atoms with Crippen LogP contribution >= 0.6 is 23.1 Å².